The Morgan fingerprint density at radius 3 is 2.58 bits per heavy atom. The van der Waals surface area contributed by atoms with E-state index in [4.69, 9.17) is 9.47 Å². The first kappa shape index (κ1) is 21.3. The molecule has 2 aromatic carbocycles. The zero-order valence-corrected chi connectivity index (χ0v) is 17.2. The van der Waals surface area contributed by atoms with Crippen molar-refractivity contribution >= 4 is 11.7 Å². The molecule has 0 N–H and O–H groups in total. The van der Waals surface area contributed by atoms with E-state index in [2.05, 4.69) is 0 Å². The molecule has 1 amide bonds. The first-order chi connectivity index (χ1) is 14.9. The molecule has 31 heavy (non-hydrogen) atoms. The van der Waals surface area contributed by atoms with Gasteiger partial charge in [0.05, 0.1) is 18.7 Å². The van der Waals surface area contributed by atoms with Crippen molar-refractivity contribution < 1.29 is 27.4 Å². The van der Waals surface area contributed by atoms with Gasteiger partial charge in [-0.1, -0.05) is 42.5 Å². The van der Waals surface area contributed by atoms with E-state index >= 15 is 0 Å². The molecule has 4 nitrogen and oxygen atoms in total. The second-order valence-corrected chi connectivity index (χ2v) is 7.91. The molecular weight excluding hydrogens is 407 g/mol. The minimum absolute atomic E-state index is 0.0321. The number of fused-ring (bicyclic) bond motifs is 2. The highest BCUT2D eigenvalue weighted by atomic mass is 19.4. The van der Waals surface area contributed by atoms with E-state index in [0.29, 0.717) is 12.0 Å². The van der Waals surface area contributed by atoms with Crippen molar-refractivity contribution in [2.24, 2.45) is 0 Å². The average molecular weight is 431 g/mol. The van der Waals surface area contributed by atoms with Crippen molar-refractivity contribution in [1.82, 2.24) is 4.90 Å². The van der Waals surface area contributed by atoms with E-state index < -0.39 is 11.7 Å². The highest BCUT2D eigenvalue weighted by molar-refractivity contribution is 5.75. The van der Waals surface area contributed by atoms with Crippen molar-refractivity contribution in [2.75, 3.05) is 7.11 Å². The van der Waals surface area contributed by atoms with E-state index in [9.17, 15) is 18.0 Å². The molecular formula is C24H24F3NO3. The summed E-state index contributed by atoms with van der Waals surface area (Å²) in [4.78, 5) is 14.6. The summed E-state index contributed by atoms with van der Waals surface area (Å²) in [6.45, 7) is 0.211. The van der Waals surface area contributed by atoms with Crippen molar-refractivity contribution in [2.45, 2.75) is 50.6 Å². The Hall–Kier alpha value is -2.96. The molecule has 4 rings (SSSR count). The molecule has 2 aliphatic rings. The van der Waals surface area contributed by atoms with E-state index in [1.165, 1.54) is 19.2 Å². The van der Waals surface area contributed by atoms with Crippen LogP contribution in [0.25, 0.3) is 5.57 Å². The van der Waals surface area contributed by atoms with Crippen LogP contribution < -0.4 is 4.74 Å². The van der Waals surface area contributed by atoms with Gasteiger partial charge in [-0.05, 0) is 54.5 Å². The van der Waals surface area contributed by atoms with Gasteiger partial charge in [-0.2, -0.15) is 13.2 Å². The van der Waals surface area contributed by atoms with Crippen LogP contribution in [0.2, 0.25) is 0 Å². The fraction of sp³-hybridized carbons (Fsp3) is 0.375. The molecule has 7 heteroatoms. The standard InChI is InChI=1S/C24H24F3NO3/c1-30-22-14-17(10-11-21(22)24(25,26)27)18-12-19-8-5-9-20(13-18)28(19)23(29)31-15-16-6-3-2-4-7-16/h2-4,6-7,10-12,14,19-20H,5,8-9,13,15H2,1H3. The van der Waals surface area contributed by atoms with E-state index in [0.717, 1.165) is 36.5 Å². The van der Waals surface area contributed by atoms with Crippen LogP contribution in [0.15, 0.2) is 54.6 Å². The minimum Gasteiger partial charge on any atom is -0.496 e. The largest absolute Gasteiger partial charge is 0.496 e. The molecule has 2 bridgehead atoms. The average Bonchev–Trinajstić information content (AvgIpc) is 2.76. The third-order valence-corrected chi connectivity index (χ3v) is 5.93. The molecule has 2 unspecified atom stereocenters. The van der Waals surface area contributed by atoms with Gasteiger partial charge < -0.3 is 9.47 Å². The summed E-state index contributed by atoms with van der Waals surface area (Å²) in [6, 6.07) is 13.3. The van der Waals surface area contributed by atoms with Gasteiger partial charge in [-0.15, -0.1) is 0 Å². The Labute approximate surface area is 179 Å². The van der Waals surface area contributed by atoms with Crippen LogP contribution >= 0.6 is 0 Å². The Kier molecular flexibility index (Phi) is 5.94. The van der Waals surface area contributed by atoms with E-state index in [-0.39, 0.29) is 30.5 Å². The number of benzene rings is 2. The van der Waals surface area contributed by atoms with Gasteiger partial charge in [0.25, 0.3) is 0 Å². The summed E-state index contributed by atoms with van der Waals surface area (Å²) in [5.74, 6) is -0.194. The molecule has 1 fully saturated rings. The number of hydrogen-bond donors (Lipinski definition) is 0. The van der Waals surface area contributed by atoms with Crippen LogP contribution in [0, 0.1) is 0 Å². The Morgan fingerprint density at radius 1 is 1.13 bits per heavy atom. The normalized spacial score (nSPS) is 20.8. The number of halogens is 3. The van der Waals surface area contributed by atoms with Crippen LogP contribution in [0.3, 0.4) is 0 Å². The Balaban J connectivity index is 1.54. The van der Waals surface area contributed by atoms with Gasteiger partial charge in [0, 0.05) is 6.04 Å². The van der Waals surface area contributed by atoms with Crippen molar-refractivity contribution in [3.8, 4) is 5.75 Å². The third-order valence-electron chi connectivity index (χ3n) is 5.93. The van der Waals surface area contributed by atoms with Crippen molar-refractivity contribution in [3.63, 3.8) is 0 Å². The molecule has 2 aromatic rings. The minimum atomic E-state index is -4.47. The molecule has 0 aromatic heterocycles. The summed E-state index contributed by atoms with van der Waals surface area (Å²) < 4.78 is 50.1. The molecule has 0 saturated carbocycles. The highest BCUT2D eigenvalue weighted by Gasteiger charge is 2.39. The molecule has 0 aliphatic carbocycles. The number of carbonyl (C=O) groups excluding carboxylic acids is 1. The predicted octanol–water partition coefficient (Wildman–Crippen LogP) is 6.06. The van der Waals surface area contributed by atoms with Crippen LogP contribution in [-0.4, -0.2) is 30.2 Å². The summed E-state index contributed by atoms with van der Waals surface area (Å²) in [7, 11) is 1.24. The first-order valence-corrected chi connectivity index (χ1v) is 10.3. The van der Waals surface area contributed by atoms with Gasteiger partial charge in [0.2, 0.25) is 0 Å². The lowest BCUT2D eigenvalue weighted by atomic mass is 9.83. The fourth-order valence-electron chi connectivity index (χ4n) is 4.45. The maximum atomic E-state index is 13.2. The summed E-state index contributed by atoms with van der Waals surface area (Å²) >= 11 is 0. The number of ether oxygens (including phenoxy) is 2. The fourth-order valence-corrected chi connectivity index (χ4v) is 4.45. The molecule has 2 heterocycles. The summed E-state index contributed by atoms with van der Waals surface area (Å²) in [5.41, 5.74) is 1.76. The number of hydrogen-bond acceptors (Lipinski definition) is 3. The maximum absolute atomic E-state index is 13.2. The second-order valence-electron chi connectivity index (χ2n) is 7.91. The summed E-state index contributed by atoms with van der Waals surface area (Å²) in [5, 5.41) is 0. The molecule has 2 aliphatic heterocycles. The molecule has 0 spiro atoms. The lowest BCUT2D eigenvalue weighted by Crippen LogP contribution is -2.51. The molecule has 1 saturated heterocycles. The van der Waals surface area contributed by atoms with Crippen LogP contribution in [0.4, 0.5) is 18.0 Å². The van der Waals surface area contributed by atoms with E-state index in [1.807, 2.05) is 36.4 Å². The predicted molar refractivity (Wildman–Crippen MR) is 110 cm³/mol. The number of methoxy groups -OCH3 is 1. The van der Waals surface area contributed by atoms with E-state index in [1.54, 1.807) is 4.90 Å². The quantitative estimate of drug-likeness (QED) is 0.591. The van der Waals surface area contributed by atoms with Crippen molar-refractivity contribution in [1.29, 1.82) is 0 Å². The monoisotopic (exact) mass is 431 g/mol. The Morgan fingerprint density at radius 2 is 1.90 bits per heavy atom. The molecule has 2 atom stereocenters. The number of carbonyl (C=O) groups is 1. The number of amides is 1. The topological polar surface area (TPSA) is 38.8 Å². The first-order valence-electron chi connectivity index (χ1n) is 10.3. The number of alkyl halides is 3. The zero-order valence-electron chi connectivity index (χ0n) is 17.2. The number of nitrogens with zero attached hydrogens (tertiary/aromatic N) is 1. The van der Waals surface area contributed by atoms with Crippen LogP contribution in [0.1, 0.15) is 42.4 Å². The lowest BCUT2D eigenvalue weighted by Gasteiger charge is -2.44. The van der Waals surface area contributed by atoms with Gasteiger partial charge in [0.15, 0.2) is 0 Å². The van der Waals surface area contributed by atoms with Gasteiger partial charge in [-0.25, -0.2) is 4.79 Å². The van der Waals surface area contributed by atoms with Crippen molar-refractivity contribution in [3.05, 3.63) is 71.3 Å². The number of piperidine rings is 1. The number of rotatable bonds is 4. The molecule has 164 valence electrons. The maximum Gasteiger partial charge on any atom is 0.419 e. The smallest absolute Gasteiger partial charge is 0.419 e. The van der Waals surface area contributed by atoms with Gasteiger partial charge in [0.1, 0.15) is 12.4 Å². The van der Waals surface area contributed by atoms with Gasteiger partial charge in [-0.3, -0.25) is 4.90 Å². The SMILES string of the molecule is COc1cc(C2=CC3CCCC(C2)N3C(=O)OCc2ccccc2)ccc1C(F)(F)F. The van der Waals surface area contributed by atoms with Crippen LogP contribution in [0.5, 0.6) is 5.75 Å². The lowest BCUT2D eigenvalue weighted by molar-refractivity contribution is -0.138. The second kappa shape index (κ2) is 8.65. The Bertz CT molecular complexity index is 972. The third kappa shape index (κ3) is 4.55. The highest BCUT2D eigenvalue weighted by Crippen LogP contribution is 2.41. The molecule has 0 radical (unpaired) electrons. The summed E-state index contributed by atoms with van der Waals surface area (Å²) in [6.07, 6.45) is 0.384. The van der Waals surface area contributed by atoms with Gasteiger partial charge >= 0.3 is 12.3 Å². The van der Waals surface area contributed by atoms with Crippen LogP contribution in [-0.2, 0) is 17.5 Å². The zero-order chi connectivity index (χ0) is 22.0.